The summed E-state index contributed by atoms with van der Waals surface area (Å²) in [5.41, 5.74) is 4.60. The van der Waals surface area contributed by atoms with Crippen LogP contribution in [0.15, 0.2) is 27.5 Å². The maximum Gasteiger partial charge on any atom is 0.442 e. The summed E-state index contributed by atoms with van der Waals surface area (Å²) in [6.07, 6.45) is -0.943. The van der Waals surface area contributed by atoms with Crippen molar-refractivity contribution in [2.24, 2.45) is 4.36 Å². The highest BCUT2D eigenvalue weighted by Crippen LogP contribution is 2.27. The number of carbonyl (C=O) groups is 1. The minimum Gasteiger partial charge on any atom is -0.442 e. The standard InChI is InChI=1S/C14H19FN2O4S/c1-14(2,3)21-13(18)17-22(19,10-7-20-8-10)9-4-5-12(16)11(15)6-9/h4-6,10H,7-8,16H2,1-3H3. The Balaban J connectivity index is 2.46. The molecule has 1 aromatic carbocycles. The Morgan fingerprint density at radius 1 is 1.45 bits per heavy atom. The molecule has 122 valence electrons. The van der Waals surface area contributed by atoms with Gasteiger partial charge in [-0.1, -0.05) is 0 Å². The van der Waals surface area contributed by atoms with E-state index in [1.807, 2.05) is 0 Å². The molecule has 2 rings (SSSR count). The van der Waals surface area contributed by atoms with Crippen LogP contribution in [0.3, 0.4) is 0 Å². The van der Waals surface area contributed by atoms with Crippen LogP contribution in [-0.4, -0.2) is 34.4 Å². The summed E-state index contributed by atoms with van der Waals surface area (Å²) in [6, 6.07) is 3.76. The second-order valence-corrected chi connectivity index (χ2v) is 8.44. The van der Waals surface area contributed by atoms with E-state index in [0.717, 1.165) is 6.07 Å². The van der Waals surface area contributed by atoms with E-state index in [1.54, 1.807) is 20.8 Å². The highest BCUT2D eigenvalue weighted by atomic mass is 32.2. The minimum atomic E-state index is -3.19. The first-order valence-corrected chi connectivity index (χ1v) is 8.31. The van der Waals surface area contributed by atoms with E-state index in [2.05, 4.69) is 4.36 Å². The molecular weight excluding hydrogens is 311 g/mol. The van der Waals surface area contributed by atoms with Crippen molar-refractivity contribution in [1.82, 2.24) is 0 Å². The maximum atomic E-state index is 13.7. The van der Waals surface area contributed by atoms with Gasteiger partial charge in [-0.3, -0.25) is 0 Å². The third-order valence-corrected chi connectivity index (χ3v) is 5.50. The van der Waals surface area contributed by atoms with Gasteiger partial charge in [-0.15, -0.1) is 4.36 Å². The van der Waals surface area contributed by atoms with Gasteiger partial charge in [0.15, 0.2) is 0 Å². The van der Waals surface area contributed by atoms with Crippen LogP contribution >= 0.6 is 0 Å². The maximum absolute atomic E-state index is 13.7. The molecule has 0 radical (unpaired) electrons. The van der Waals surface area contributed by atoms with Crippen LogP contribution in [0, 0.1) is 5.82 Å². The number of amides is 1. The second kappa shape index (κ2) is 5.85. The number of carbonyl (C=O) groups excluding carboxylic acids is 1. The van der Waals surface area contributed by atoms with Crippen molar-refractivity contribution in [1.29, 1.82) is 0 Å². The van der Waals surface area contributed by atoms with Gasteiger partial charge in [0.05, 0.1) is 38.8 Å². The molecule has 8 heteroatoms. The zero-order valence-corrected chi connectivity index (χ0v) is 13.5. The average molecular weight is 330 g/mol. The van der Waals surface area contributed by atoms with Crippen molar-refractivity contribution in [3.63, 3.8) is 0 Å². The summed E-state index contributed by atoms with van der Waals surface area (Å²) in [4.78, 5) is 12.0. The summed E-state index contributed by atoms with van der Waals surface area (Å²) in [5.74, 6) is -0.704. The lowest BCUT2D eigenvalue weighted by Crippen LogP contribution is -2.41. The van der Waals surface area contributed by atoms with Gasteiger partial charge in [-0.2, -0.15) is 0 Å². The van der Waals surface area contributed by atoms with Gasteiger partial charge < -0.3 is 15.2 Å². The van der Waals surface area contributed by atoms with Crippen LogP contribution in [0.1, 0.15) is 20.8 Å². The Kier molecular flexibility index (Phi) is 4.44. The van der Waals surface area contributed by atoms with Crippen LogP contribution in [-0.2, 0) is 19.2 Å². The number of nitrogen functional groups attached to an aromatic ring is 1. The number of ether oxygens (including phenoxy) is 2. The van der Waals surface area contributed by atoms with Crippen LogP contribution in [0.2, 0.25) is 0 Å². The first-order chi connectivity index (χ1) is 10.1. The summed E-state index contributed by atoms with van der Waals surface area (Å²) in [7, 11) is -3.19. The van der Waals surface area contributed by atoms with Gasteiger partial charge >= 0.3 is 6.09 Å². The number of nitrogens with zero attached hydrogens (tertiary/aromatic N) is 1. The smallest absolute Gasteiger partial charge is 0.442 e. The molecule has 1 aliphatic rings. The van der Waals surface area contributed by atoms with Crippen molar-refractivity contribution in [3.8, 4) is 0 Å². The van der Waals surface area contributed by atoms with Gasteiger partial charge in [-0.25, -0.2) is 13.4 Å². The fourth-order valence-corrected chi connectivity index (χ4v) is 3.79. The van der Waals surface area contributed by atoms with E-state index in [4.69, 9.17) is 15.2 Å². The van der Waals surface area contributed by atoms with Crippen molar-refractivity contribution in [2.45, 2.75) is 36.5 Å². The van der Waals surface area contributed by atoms with Crippen LogP contribution in [0.4, 0.5) is 14.9 Å². The van der Waals surface area contributed by atoms with Crippen molar-refractivity contribution >= 4 is 21.5 Å². The van der Waals surface area contributed by atoms with Gasteiger partial charge in [-0.05, 0) is 39.0 Å². The fraction of sp³-hybridized carbons (Fsp3) is 0.500. The molecule has 1 aromatic rings. The van der Waals surface area contributed by atoms with Gasteiger partial charge in [0.1, 0.15) is 11.4 Å². The van der Waals surface area contributed by atoms with Gasteiger partial charge in [0.25, 0.3) is 0 Å². The number of rotatable bonds is 2. The Morgan fingerprint density at radius 3 is 2.55 bits per heavy atom. The molecule has 0 aliphatic carbocycles. The largest absolute Gasteiger partial charge is 0.442 e. The Hall–Kier alpha value is -1.67. The van der Waals surface area contributed by atoms with E-state index in [-0.39, 0.29) is 23.8 Å². The minimum absolute atomic E-state index is 0.0624. The van der Waals surface area contributed by atoms with Crippen LogP contribution in [0.25, 0.3) is 0 Å². The van der Waals surface area contributed by atoms with Crippen LogP contribution < -0.4 is 5.73 Å². The van der Waals surface area contributed by atoms with E-state index in [9.17, 15) is 13.4 Å². The highest BCUT2D eigenvalue weighted by molar-refractivity contribution is 7.94. The monoisotopic (exact) mass is 330 g/mol. The second-order valence-electron chi connectivity index (χ2n) is 5.98. The van der Waals surface area contributed by atoms with E-state index in [0.29, 0.717) is 0 Å². The molecule has 22 heavy (non-hydrogen) atoms. The number of hydrogen-bond acceptors (Lipinski definition) is 5. The number of benzene rings is 1. The Morgan fingerprint density at radius 2 is 2.09 bits per heavy atom. The summed E-state index contributed by atoms with van der Waals surface area (Å²) >= 11 is 0. The summed E-state index contributed by atoms with van der Waals surface area (Å²) < 4.78 is 40.7. The summed E-state index contributed by atoms with van der Waals surface area (Å²) in [6.45, 7) is 5.42. The molecule has 0 saturated carbocycles. The van der Waals surface area contributed by atoms with Crippen molar-refractivity contribution < 1.29 is 22.9 Å². The molecule has 1 unspecified atom stereocenters. The van der Waals surface area contributed by atoms with E-state index >= 15 is 0 Å². The third-order valence-electron chi connectivity index (χ3n) is 2.97. The first-order valence-electron chi connectivity index (χ1n) is 6.73. The highest BCUT2D eigenvalue weighted by Gasteiger charge is 2.34. The molecule has 1 fully saturated rings. The molecule has 1 heterocycles. The topological polar surface area (TPSA) is 91.0 Å². The number of halogens is 1. The normalized spacial score (nSPS) is 18.2. The first kappa shape index (κ1) is 16.7. The number of nitrogens with two attached hydrogens (primary N) is 1. The predicted molar refractivity (Wildman–Crippen MR) is 80.5 cm³/mol. The number of anilines is 1. The molecular formula is C14H19FN2O4S. The molecule has 1 aliphatic heterocycles. The molecule has 0 spiro atoms. The van der Waals surface area contributed by atoms with Gasteiger partial charge in [0, 0.05) is 0 Å². The fourth-order valence-electron chi connectivity index (χ4n) is 1.80. The predicted octanol–water partition coefficient (Wildman–Crippen LogP) is 2.57. The number of hydrogen-bond donors (Lipinski definition) is 1. The quantitative estimate of drug-likeness (QED) is 0.842. The lowest BCUT2D eigenvalue weighted by Gasteiger charge is -2.29. The molecule has 2 N–H and O–H groups in total. The zero-order valence-electron chi connectivity index (χ0n) is 12.7. The Bertz CT molecular complexity index is 701. The molecule has 1 atom stereocenters. The SMILES string of the molecule is CC(C)(C)OC(=O)N=S(=O)(c1ccc(N)c(F)c1)C1COC1. The molecule has 0 bridgehead atoms. The van der Waals surface area contributed by atoms with Crippen molar-refractivity contribution in [2.75, 3.05) is 18.9 Å². The average Bonchev–Trinajstić information content (AvgIpc) is 2.27. The molecule has 6 nitrogen and oxygen atoms in total. The molecule has 0 aromatic heterocycles. The van der Waals surface area contributed by atoms with E-state index < -0.39 is 32.5 Å². The van der Waals surface area contributed by atoms with Crippen LogP contribution in [0.5, 0.6) is 0 Å². The Labute approximate surface area is 129 Å². The summed E-state index contributed by atoms with van der Waals surface area (Å²) in [5, 5.41) is -0.483. The van der Waals surface area contributed by atoms with Crippen molar-refractivity contribution in [3.05, 3.63) is 24.0 Å². The zero-order chi connectivity index (χ0) is 16.5. The van der Waals surface area contributed by atoms with Gasteiger partial charge in [0.2, 0.25) is 0 Å². The lowest BCUT2D eigenvalue weighted by molar-refractivity contribution is 0.0424. The molecule has 1 saturated heterocycles. The molecule has 1 amide bonds. The third kappa shape index (κ3) is 3.56. The lowest BCUT2D eigenvalue weighted by atomic mass is 10.2. The van der Waals surface area contributed by atoms with E-state index in [1.165, 1.54) is 12.1 Å².